The molecular formula is C17H23Cl2NO. The SMILES string of the molecule is C[C@H]1CC[C@@H](c2ccc(Cl)c(Cl)c2)CN1C(=O)C(C)(C)C. The van der Waals surface area contributed by atoms with Gasteiger partial charge in [0.2, 0.25) is 5.91 Å². The highest BCUT2D eigenvalue weighted by Crippen LogP contribution is 2.35. The van der Waals surface area contributed by atoms with Gasteiger partial charge in [-0.05, 0) is 37.5 Å². The van der Waals surface area contributed by atoms with Crippen LogP contribution in [-0.2, 0) is 4.79 Å². The number of nitrogens with zero attached hydrogens (tertiary/aromatic N) is 1. The van der Waals surface area contributed by atoms with Gasteiger partial charge in [-0.25, -0.2) is 0 Å². The number of carbonyl (C=O) groups excluding carboxylic acids is 1. The van der Waals surface area contributed by atoms with E-state index in [-0.39, 0.29) is 11.3 Å². The number of amides is 1. The molecule has 1 aromatic rings. The maximum atomic E-state index is 12.6. The fourth-order valence-corrected chi connectivity index (χ4v) is 3.17. The van der Waals surface area contributed by atoms with Crippen molar-refractivity contribution in [3.8, 4) is 0 Å². The van der Waals surface area contributed by atoms with Gasteiger partial charge in [0.15, 0.2) is 0 Å². The Bertz CT molecular complexity index is 536. The van der Waals surface area contributed by atoms with Crippen LogP contribution in [0.3, 0.4) is 0 Å². The Morgan fingerprint density at radius 3 is 2.43 bits per heavy atom. The summed E-state index contributed by atoms with van der Waals surface area (Å²) in [6, 6.07) is 6.10. The number of benzene rings is 1. The van der Waals surface area contributed by atoms with Crippen molar-refractivity contribution in [2.45, 2.75) is 52.5 Å². The molecule has 0 radical (unpaired) electrons. The normalized spacial score (nSPS) is 23.2. The number of carbonyl (C=O) groups is 1. The average molecular weight is 328 g/mol. The molecule has 1 fully saturated rings. The molecule has 116 valence electrons. The van der Waals surface area contributed by atoms with Crippen molar-refractivity contribution < 1.29 is 4.79 Å². The Hall–Kier alpha value is -0.730. The van der Waals surface area contributed by atoms with Crippen LogP contribution < -0.4 is 0 Å². The van der Waals surface area contributed by atoms with Crippen LogP contribution >= 0.6 is 23.2 Å². The third-order valence-corrected chi connectivity index (χ3v) is 4.94. The summed E-state index contributed by atoms with van der Waals surface area (Å²) in [5, 5.41) is 1.16. The number of hydrogen-bond acceptors (Lipinski definition) is 1. The Morgan fingerprint density at radius 2 is 1.86 bits per heavy atom. The van der Waals surface area contributed by atoms with Crippen LogP contribution in [0.25, 0.3) is 0 Å². The second kappa shape index (κ2) is 6.18. The summed E-state index contributed by atoms with van der Waals surface area (Å²) in [6.45, 7) is 8.82. The first kappa shape index (κ1) is 16.6. The minimum atomic E-state index is -0.339. The highest BCUT2D eigenvalue weighted by Gasteiger charge is 2.35. The molecule has 0 aromatic heterocycles. The molecule has 2 atom stereocenters. The summed E-state index contributed by atoms with van der Waals surface area (Å²) in [5.41, 5.74) is 0.830. The molecule has 0 bridgehead atoms. The summed E-state index contributed by atoms with van der Waals surface area (Å²) >= 11 is 12.1. The van der Waals surface area contributed by atoms with E-state index in [0.717, 1.165) is 19.4 Å². The van der Waals surface area contributed by atoms with Crippen LogP contribution in [-0.4, -0.2) is 23.4 Å². The minimum Gasteiger partial charge on any atom is -0.339 e. The second-order valence-corrected chi connectivity index (χ2v) is 7.82. The molecule has 1 amide bonds. The Morgan fingerprint density at radius 1 is 1.19 bits per heavy atom. The van der Waals surface area contributed by atoms with Crippen LogP contribution in [0, 0.1) is 5.41 Å². The highest BCUT2D eigenvalue weighted by molar-refractivity contribution is 6.42. The first-order valence-electron chi connectivity index (χ1n) is 7.46. The molecule has 2 nitrogen and oxygen atoms in total. The van der Waals surface area contributed by atoms with Crippen molar-refractivity contribution in [3.05, 3.63) is 33.8 Å². The number of hydrogen-bond donors (Lipinski definition) is 0. The van der Waals surface area contributed by atoms with Gasteiger partial charge in [-0.15, -0.1) is 0 Å². The van der Waals surface area contributed by atoms with Gasteiger partial charge in [0.25, 0.3) is 0 Å². The molecule has 1 heterocycles. The average Bonchev–Trinajstić information content (AvgIpc) is 2.41. The van der Waals surface area contributed by atoms with Crippen LogP contribution in [0.5, 0.6) is 0 Å². The van der Waals surface area contributed by atoms with Gasteiger partial charge in [0.05, 0.1) is 10.0 Å². The van der Waals surface area contributed by atoms with Crippen LogP contribution in [0.4, 0.5) is 0 Å². The van der Waals surface area contributed by atoms with E-state index in [1.165, 1.54) is 5.56 Å². The second-order valence-electron chi connectivity index (χ2n) is 7.00. The third-order valence-electron chi connectivity index (χ3n) is 4.20. The van der Waals surface area contributed by atoms with Crippen molar-refractivity contribution in [3.63, 3.8) is 0 Å². The minimum absolute atomic E-state index is 0.222. The van der Waals surface area contributed by atoms with E-state index in [1.54, 1.807) is 0 Å². The van der Waals surface area contributed by atoms with Crippen LogP contribution in [0.2, 0.25) is 10.0 Å². The lowest BCUT2D eigenvalue weighted by Gasteiger charge is -2.41. The maximum Gasteiger partial charge on any atom is 0.228 e. The van der Waals surface area contributed by atoms with Crippen LogP contribution in [0.1, 0.15) is 52.0 Å². The summed E-state index contributed by atoms with van der Waals surface area (Å²) < 4.78 is 0. The molecule has 21 heavy (non-hydrogen) atoms. The summed E-state index contributed by atoms with van der Waals surface area (Å²) in [7, 11) is 0. The van der Waals surface area contributed by atoms with Gasteiger partial charge in [0.1, 0.15) is 0 Å². The van der Waals surface area contributed by atoms with Gasteiger partial charge in [-0.1, -0.05) is 50.0 Å². The van der Waals surface area contributed by atoms with Gasteiger partial charge in [-0.3, -0.25) is 4.79 Å². The molecule has 4 heteroatoms. The topological polar surface area (TPSA) is 20.3 Å². The predicted molar refractivity (Wildman–Crippen MR) is 89.1 cm³/mol. The largest absolute Gasteiger partial charge is 0.339 e. The van der Waals surface area contributed by atoms with E-state index in [1.807, 2.05) is 43.9 Å². The Labute approximate surface area is 137 Å². The molecule has 2 rings (SSSR count). The molecular weight excluding hydrogens is 305 g/mol. The molecule has 1 aromatic carbocycles. The van der Waals surface area contributed by atoms with Gasteiger partial charge >= 0.3 is 0 Å². The van der Waals surface area contributed by atoms with Crippen molar-refractivity contribution in [1.82, 2.24) is 4.90 Å². The zero-order valence-electron chi connectivity index (χ0n) is 13.1. The van der Waals surface area contributed by atoms with Crippen molar-refractivity contribution in [1.29, 1.82) is 0 Å². The molecule has 0 spiro atoms. The van der Waals surface area contributed by atoms with Gasteiger partial charge < -0.3 is 4.90 Å². The zero-order valence-corrected chi connectivity index (χ0v) is 14.6. The standard InChI is InChI=1S/C17H23Cl2NO/c1-11-5-6-13(10-20(11)16(21)17(2,3)4)12-7-8-14(18)15(19)9-12/h7-9,11,13H,5-6,10H2,1-4H3/t11-,13+/m0/s1. The molecule has 0 unspecified atom stereocenters. The molecule has 1 saturated heterocycles. The molecule has 1 aliphatic heterocycles. The van der Waals surface area contributed by atoms with E-state index in [0.29, 0.717) is 22.0 Å². The van der Waals surface area contributed by atoms with Crippen molar-refractivity contribution in [2.24, 2.45) is 5.41 Å². The number of rotatable bonds is 1. The first-order chi connectivity index (χ1) is 9.70. The summed E-state index contributed by atoms with van der Waals surface area (Å²) in [5.74, 6) is 0.557. The van der Waals surface area contributed by atoms with E-state index in [2.05, 4.69) is 6.92 Å². The third kappa shape index (κ3) is 3.73. The maximum absolute atomic E-state index is 12.6. The van der Waals surface area contributed by atoms with Crippen molar-refractivity contribution >= 4 is 29.1 Å². The number of likely N-dealkylation sites (tertiary alicyclic amines) is 1. The Kier molecular flexibility index (Phi) is 4.89. The lowest BCUT2D eigenvalue weighted by atomic mass is 9.85. The number of piperidine rings is 1. The first-order valence-corrected chi connectivity index (χ1v) is 8.21. The lowest BCUT2D eigenvalue weighted by molar-refractivity contribution is -0.143. The summed E-state index contributed by atoms with van der Waals surface area (Å²) in [6.07, 6.45) is 2.10. The Balaban J connectivity index is 2.20. The smallest absolute Gasteiger partial charge is 0.228 e. The van der Waals surface area contributed by atoms with E-state index in [4.69, 9.17) is 23.2 Å². The van der Waals surface area contributed by atoms with Gasteiger partial charge in [0, 0.05) is 23.9 Å². The summed E-state index contributed by atoms with van der Waals surface area (Å²) in [4.78, 5) is 14.6. The van der Waals surface area contributed by atoms with E-state index in [9.17, 15) is 4.79 Å². The molecule has 0 aliphatic carbocycles. The quantitative estimate of drug-likeness (QED) is 0.699. The van der Waals surface area contributed by atoms with Crippen molar-refractivity contribution in [2.75, 3.05) is 6.54 Å². The van der Waals surface area contributed by atoms with E-state index < -0.39 is 0 Å². The number of halogens is 2. The lowest BCUT2D eigenvalue weighted by Crippen LogP contribution is -2.49. The molecule has 1 aliphatic rings. The monoisotopic (exact) mass is 327 g/mol. The molecule has 0 N–H and O–H groups in total. The predicted octanol–water partition coefficient (Wildman–Crippen LogP) is 5.13. The fraction of sp³-hybridized carbons (Fsp3) is 0.588. The highest BCUT2D eigenvalue weighted by atomic mass is 35.5. The van der Waals surface area contributed by atoms with E-state index >= 15 is 0 Å². The van der Waals surface area contributed by atoms with Gasteiger partial charge in [-0.2, -0.15) is 0 Å². The van der Waals surface area contributed by atoms with Crippen LogP contribution in [0.15, 0.2) is 18.2 Å². The molecule has 0 saturated carbocycles. The fourth-order valence-electron chi connectivity index (χ4n) is 2.86. The zero-order chi connectivity index (χ0) is 15.8.